The molecule has 5 nitrogen and oxygen atoms in total. The fourth-order valence-electron chi connectivity index (χ4n) is 1.57. The fourth-order valence-corrected chi connectivity index (χ4v) is 2.33. The maximum Gasteiger partial charge on any atom is 0.307 e. The molecule has 1 heterocycles. The lowest BCUT2D eigenvalue weighted by atomic mass is 10.3. The Labute approximate surface area is 111 Å². The van der Waals surface area contributed by atoms with Gasteiger partial charge in [-0.3, -0.25) is 9.59 Å². The number of hydrogen-bond acceptors (Lipinski definition) is 4. The second kappa shape index (κ2) is 8.05. The van der Waals surface area contributed by atoms with Crippen LogP contribution in [0.1, 0.15) is 25.5 Å². The number of nitrogens with one attached hydrogen (secondary N) is 2. The topological polar surface area (TPSA) is 63.1 Å². The summed E-state index contributed by atoms with van der Waals surface area (Å²) in [5.74, 6) is -0.00852. The van der Waals surface area contributed by atoms with Crippen LogP contribution in [0.3, 0.4) is 0 Å². The van der Waals surface area contributed by atoms with E-state index in [4.69, 9.17) is 0 Å². The number of carbonyl (C=O) groups is 1. The lowest BCUT2D eigenvalue weighted by molar-refractivity contribution is -0.121. The second-order valence-electron chi connectivity index (χ2n) is 4.14. The van der Waals surface area contributed by atoms with Gasteiger partial charge in [0.25, 0.3) is 0 Å². The molecule has 0 aliphatic rings. The molecule has 1 aromatic rings. The van der Waals surface area contributed by atoms with E-state index in [0.717, 1.165) is 25.2 Å². The minimum Gasteiger partial charge on any atom is -0.355 e. The van der Waals surface area contributed by atoms with Crippen molar-refractivity contribution in [3.63, 3.8) is 0 Å². The SMILES string of the molecule is CCCNCCNC(=O)CCn1c(C)csc1=O. The molecule has 0 spiro atoms. The molecule has 0 bridgehead atoms. The smallest absolute Gasteiger partial charge is 0.307 e. The Hall–Kier alpha value is -1.14. The van der Waals surface area contributed by atoms with Gasteiger partial charge in [-0.1, -0.05) is 18.3 Å². The molecular formula is C12H21N3O2S. The summed E-state index contributed by atoms with van der Waals surface area (Å²) < 4.78 is 1.64. The van der Waals surface area contributed by atoms with Crippen LogP contribution < -0.4 is 15.5 Å². The summed E-state index contributed by atoms with van der Waals surface area (Å²) in [7, 11) is 0. The van der Waals surface area contributed by atoms with Gasteiger partial charge in [-0.25, -0.2) is 0 Å². The van der Waals surface area contributed by atoms with E-state index in [1.807, 2.05) is 12.3 Å². The first-order chi connectivity index (χ1) is 8.65. The lowest BCUT2D eigenvalue weighted by Gasteiger charge is -2.07. The first-order valence-electron chi connectivity index (χ1n) is 6.27. The zero-order chi connectivity index (χ0) is 13.4. The number of amides is 1. The molecule has 2 N–H and O–H groups in total. The van der Waals surface area contributed by atoms with E-state index in [1.54, 1.807) is 4.57 Å². The van der Waals surface area contributed by atoms with Crippen LogP contribution in [0.15, 0.2) is 10.2 Å². The van der Waals surface area contributed by atoms with Crippen LogP contribution in [0.2, 0.25) is 0 Å². The van der Waals surface area contributed by atoms with Crippen LogP contribution in [0.5, 0.6) is 0 Å². The van der Waals surface area contributed by atoms with Gasteiger partial charge in [0.05, 0.1) is 0 Å². The number of thiazole rings is 1. The zero-order valence-electron chi connectivity index (χ0n) is 11.0. The highest BCUT2D eigenvalue weighted by atomic mass is 32.1. The molecule has 0 unspecified atom stereocenters. The number of hydrogen-bond donors (Lipinski definition) is 2. The van der Waals surface area contributed by atoms with E-state index in [9.17, 15) is 9.59 Å². The van der Waals surface area contributed by atoms with Crippen LogP contribution in [-0.2, 0) is 11.3 Å². The molecule has 1 amide bonds. The Morgan fingerprint density at radius 3 is 2.78 bits per heavy atom. The molecule has 1 aromatic heterocycles. The Balaban J connectivity index is 2.19. The van der Waals surface area contributed by atoms with Crippen LogP contribution in [0, 0.1) is 6.92 Å². The molecule has 0 saturated heterocycles. The third-order valence-corrected chi connectivity index (χ3v) is 3.47. The zero-order valence-corrected chi connectivity index (χ0v) is 11.8. The highest BCUT2D eigenvalue weighted by Gasteiger charge is 2.05. The monoisotopic (exact) mass is 271 g/mol. The van der Waals surface area contributed by atoms with E-state index in [2.05, 4.69) is 17.6 Å². The molecule has 0 fully saturated rings. The molecule has 0 aliphatic carbocycles. The number of rotatable bonds is 8. The predicted molar refractivity (Wildman–Crippen MR) is 74.1 cm³/mol. The Morgan fingerprint density at radius 2 is 2.17 bits per heavy atom. The summed E-state index contributed by atoms with van der Waals surface area (Å²) in [6.45, 7) is 6.84. The standard InChI is InChI=1S/C12H21N3O2S/c1-3-5-13-6-7-14-11(16)4-8-15-10(2)9-18-12(15)17/h9,13H,3-8H2,1-2H3,(H,14,16). The van der Waals surface area contributed by atoms with Crippen LogP contribution in [0.25, 0.3) is 0 Å². The van der Waals surface area contributed by atoms with Gasteiger partial charge in [0, 0.05) is 37.1 Å². The summed E-state index contributed by atoms with van der Waals surface area (Å²) in [6, 6.07) is 0. The molecule has 0 radical (unpaired) electrons. The van der Waals surface area contributed by atoms with Gasteiger partial charge in [-0.2, -0.15) is 0 Å². The van der Waals surface area contributed by atoms with E-state index in [0.29, 0.717) is 19.5 Å². The van der Waals surface area contributed by atoms with E-state index in [-0.39, 0.29) is 10.8 Å². The van der Waals surface area contributed by atoms with Crippen molar-refractivity contribution in [2.45, 2.75) is 33.2 Å². The van der Waals surface area contributed by atoms with Gasteiger partial charge in [0.1, 0.15) is 0 Å². The molecule has 102 valence electrons. The second-order valence-corrected chi connectivity index (χ2v) is 4.97. The quantitative estimate of drug-likeness (QED) is 0.685. The van der Waals surface area contributed by atoms with Crippen molar-refractivity contribution >= 4 is 17.2 Å². The first kappa shape index (κ1) is 14.9. The Morgan fingerprint density at radius 1 is 1.39 bits per heavy atom. The third kappa shape index (κ3) is 5.01. The molecule has 0 aromatic carbocycles. The summed E-state index contributed by atoms with van der Waals surface area (Å²) in [6.07, 6.45) is 1.44. The predicted octanol–water partition coefficient (Wildman–Crippen LogP) is 0.724. The maximum atomic E-state index is 11.5. The van der Waals surface area contributed by atoms with Crippen molar-refractivity contribution in [1.82, 2.24) is 15.2 Å². The third-order valence-electron chi connectivity index (χ3n) is 2.59. The van der Waals surface area contributed by atoms with Gasteiger partial charge in [0.15, 0.2) is 0 Å². The van der Waals surface area contributed by atoms with Crippen LogP contribution >= 0.6 is 11.3 Å². The molecule has 0 saturated carbocycles. The minimum atomic E-state index is -0.00852. The highest BCUT2D eigenvalue weighted by molar-refractivity contribution is 7.07. The molecule has 0 atom stereocenters. The average Bonchev–Trinajstić information content (AvgIpc) is 2.66. The fraction of sp³-hybridized carbons (Fsp3) is 0.667. The van der Waals surface area contributed by atoms with E-state index < -0.39 is 0 Å². The largest absolute Gasteiger partial charge is 0.355 e. The number of aromatic nitrogens is 1. The normalized spacial score (nSPS) is 10.6. The summed E-state index contributed by atoms with van der Waals surface area (Å²) in [4.78, 5) is 23.0. The highest BCUT2D eigenvalue weighted by Crippen LogP contribution is 2.00. The average molecular weight is 271 g/mol. The van der Waals surface area contributed by atoms with Gasteiger partial charge in [0.2, 0.25) is 5.91 Å². The number of aryl methyl sites for hydroxylation is 1. The molecule has 1 rings (SSSR count). The number of nitrogens with zero attached hydrogens (tertiary/aromatic N) is 1. The van der Waals surface area contributed by atoms with Crippen molar-refractivity contribution in [3.05, 3.63) is 20.7 Å². The van der Waals surface area contributed by atoms with Gasteiger partial charge < -0.3 is 15.2 Å². The maximum absolute atomic E-state index is 11.5. The number of carbonyl (C=O) groups excluding carboxylic acids is 1. The minimum absolute atomic E-state index is 0.00455. The van der Waals surface area contributed by atoms with E-state index in [1.165, 1.54) is 11.3 Å². The van der Waals surface area contributed by atoms with Crippen LogP contribution in [0.4, 0.5) is 0 Å². The van der Waals surface area contributed by atoms with Crippen molar-refractivity contribution in [3.8, 4) is 0 Å². The lowest BCUT2D eigenvalue weighted by Crippen LogP contribution is -2.33. The summed E-state index contributed by atoms with van der Waals surface area (Å²) >= 11 is 1.18. The van der Waals surface area contributed by atoms with Gasteiger partial charge in [-0.15, -0.1) is 0 Å². The van der Waals surface area contributed by atoms with Gasteiger partial charge >= 0.3 is 4.87 Å². The van der Waals surface area contributed by atoms with Crippen LogP contribution in [-0.4, -0.2) is 30.1 Å². The van der Waals surface area contributed by atoms with Crippen molar-refractivity contribution in [2.75, 3.05) is 19.6 Å². The summed E-state index contributed by atoms with van der Waals surface area (Å²) in [5, 5.41) is 7.85. The molecule has 6 heteroatoms. The van der Waals surface area contributed by atoms with Gasteiger partial charge in [-0.05, 0) is 19.9 Å². The molecule has 0 aliphatic heterocycles. The Kier molecular flexibility index (Phi) is 6.67. The van der Waals surface area contributed by atoms with Crippen molar-refractivity contribution in [2.24, 2.45) is 0 Å². The summed E-state index contributed by atoms with van der Waals surface area (Å²) in [5.41, 5.74) is 0.919. The van der Waals surface area contributed by atoms with E-state index >= 15 is 0 Å². The van der Waals surface area contributed by atoms with Crippen molar-refractivity contribution in [1.29, 1.82) is 0 Å². The first-order valence-corrected chi connectivity index (χ1v) is 7.15. The van der Waals surface area contributed by atoms with Crippen molar-refractivity contribution < 1.29 is 4.79 Å². The molecule has 18 heavy (non-hydrogen) atoms. The molecular weight excluding hydrogens is 250 g/mol. The Bertz CT molecular complexity index is 425.